The lowest BCUT2D eigenvalue weighted by atomic mass is 10.1. The Morgan fingerprint density at radius 2 is 1.53 bits per heavy atom. The van der Waals surface area contributed by atoms with Gasteiger partial charge >= 0.3 is 0 Å². The SMILES string of the molecule is O=C1C(=Nc2ccc(S(=O)(=O)N3CCCCC3)cc2)c2ccccc2N1Cc1ccc(Cl)cc1. The standard InChI is InChI=1S/C26H24ClN3O3S/c27-20-10-8-19(9-11-20)18-30-24-7-3-2-6-23(24)25(26(30)31)28-21-12-14-22(15-13-21)34(32,33)29-16-4-1-5-17-29/h2-3,6-15H,1,4-5,16-18H2. The molecule has 0 aromatic heterocycles. The molecule has 174 valence electrons. The number of fused-ring (bicyclic) bond motifs is 1. The van der Waals surface area contributed by atoms with Gasteiger partial charge < -0.3 is 4.90 Å². The number of amides is 1. The minimum absolute atomic E-state index is 0.193. The lowest BCUT2D eigenvalue weighted by molar-refractivity contribution is -0.112. The summed E-state index contributed by atoms with van der Waals surface area (Å²) in [5.74, 6) is -0.193. The van der Waals surface area contributed by atoms with Crippen molar-refractivity contribution in [1.82, 2.24) is 4.31 Å². The number of rotatable bonds is 5. The van der Waals surface area contributed by atoms with Gasteiger partial charge in [0.25, 0.3) is 5.91 Å². The minimum Gasteiger partial charge on any atom is -0.302 e. The molecule has 0 unspecified atom stereocenters. The van der Waals surface area contributed by atoms with Gasteiger partial charge in [0.2, 0.25) is 10.0 Å². The molecule has 2 aliphatic rings. The maximum absolute atomic E-state index is 13.3. The van der Waals surface area contributed by atoms with Gasteiger partial charge in [0, 0.05) is 23.7 Å². The van der Waals surface area contributed by atoms with E-state index in [4.69, 9.17) is 11.6 Å². The van der Waals surface area contributed by atoms with E-state index in [0.29, 0.717) is 36.1 Å². The summed E-state index contributed by atoms with van der Waals surface area (Å²) in [5.41, 5.74) is 3.39. The summed E-state index contributed by atoms with van der Waals surface area (Å²) < 4.78 is 27.4. The minimum atomic E-state index is -3.51. The van der Waals surface area contributed by atoms with Crippen molar-refractivity contribution >= 4 is 44.6 Å². The number of anilines is 1. The summed E-state index contributed by atoms with van der Waals surface area (Å²) in [6.07, 6.45) is 2.84. The zero-order valence-electron chi connectivity index (χ0n) is 18.5. The van der Waals surface area contributed by atoms with Crippen LogP contribution in [0, 0.1) is 0 Å². The van der Waals surface area contributed by atoms with Crippen LogP contribution >= 0.6 is 11.6 Å². The average molecular weight is 494 g/mol. The summed E-state index contributed by atoms with van der Waals surface area (Å²) in [7, 11) is -3.51. The van der Waals surface area contributed by atoms with E-state index in [-0.39, 0.29) is 10.8 Å². The quantitative estimate of drug-likeness (QED) is 0.491. The third kappa shape index (κ3) is 4.39. The summed E-state index contributed by atoms with van der Waals surface area (Å²) in [4.78, 5) is 19.9. The molecule has 1 saturated heterocycles. The van der Waals surface area contributed by atoms with Gasteiger partial charge in [0.1, 0.15) is 5.71 Å². The summed E-state index contributed by atoms with van der Waals surface area (Å²) in [5, 5.41) is 0.643. The molecule has 8 heteroatoms. The molecule has 6 nitrogen and oxygen atoms in total. The molecule has 0 N–H and O–H groups in total. The highest BCUT2D eigenvalue weighted by Gasteiger charge is 2.33. The Kier molecular flexibility index (Phi) is 6.25. The van der Waals surface area contributed by atoms with Crippen molar-refractivity contribution in [3.05, 3.63) is 88.9 Å². The normalized spacial score (nSPS) is 17.9. The van der Waals surface area contributed by atoms with Crippen LogP contribution in [0.5, 0.6) is 0 Å². The maximum Gasteiger partial charge on any atom is 0.277 e. The molecule has 0 atom stereocenters. The zero-order chi connectivity index (χ0) is 23.7. The second-order valence-corrected chi connectivity index (χ2v) is 10.8. The molecule has 3 aromatic rings. The molecule has 1 amide bonds. The van der Waals surface area contributed by atoms with Crippen LogP contribution in [0.1, 0.15) is 30.4 Å². The van der Waals surface area contributed by atoms with Gasteiger partial charge in [-0.1, -0.05) is 48.4 Å². The zero-order valence-corrected chi connectivity index (χ0v) is 20.1. The fraction of sp³-hybridized carbons (Fsp3) is 0.231. The van der Waals surface area contributed by atoms with E-state index in [1.807, 2.05) is 36.4 Å². The molecule has 0 aliphatic carbocycles. The van der Waals surface area contributed by atoms with E-state index >= 15 is 0 Å². The highest BCUT2D eigenvalue weighted by atomic mass is 35.5. The first-order chi connectivity index (χ1) is 16.4. The van der Waals surface area contributed by atoms with E-state index in [1.165, 1.54) is 0 Å². The fourth-order valence-electron chi connectivity index (χ4n) is 4.38. The van der Waals surface area contributed by atoms with Gasteiger partial charge in [-0.25, -0.2) is 13.4 Å². The number of nitrogens with zero attached hydrogens (tertiary/aromatic N) is 3. The van der Waals surface area contributed by atoms with Crippen LogP contribution in [0.15, 0.2) is 82.7 Å². The number of hydrogen-bond donors (Lipinski definition) is 0. The van der Waals surface area contributed by atoms with Crippen molar-refractivity contribution in [1.29, 1.82) is 0 Å². The van der Waals surface area contributed by atoms with E-state index in [0.717, 1.165) is 36.1 Å². The third-order valence-electron chi connectivity index (χ3n) is 6.18. The first-order valence-electron chi connectivity index (χ1n) is 11.3. The molecule has 0 radical (unpaired) electrons. The van der Waals surface area contributed by atoms with Crippen molar-refractivity contribution in [2.45, 2.75) is 30.7 Å². The molecule has 0 spiro atoms. The molecule has 34 heavy (non-hydrogen) atoms. The number of halogens is 1. The number of carbonyl (C=O) groups is 1. The van der Waals surface area contributed by atoms with Crippen LogP contribution in [0.4, 0.5) is 11.4 Å². The number of piperidine rings is 1. The van der Waals surface area contributed by atoms with E-state index in [9.17, 15) is 13.2 Å². The number of benzene rings is 3. The topological polar surface area (TPSA) is 70.0 Å². The highest BCUT2D eigenvalue weighted by Crippen LogP contribution is 2.32. The summed E-state index contributed by atoms with van der Waals surface area (Å²) in [6, 6.07) is 21.4. The van der Waals surface area contributed by atoms with E-state index in [2.05, 4.69) is 4.99 Å². The Bertz CT molecular complexity index is 1350. The van der Waals surface area contributed by atoms with Crippen LogP contribution in [0.25, 0.3) is 0 Å². The molecule has 2 aliphatic heterocycles. The molecule has 2 heterocycles. The highest BCUT2D eigenvalue weighted by molar-refractivity contribution is 7.89. The van der Waals surface area contributed by atoms with Crippen LogP contribution in [-0.2, 0) is 21.4 Å². The van der Waals surface area contributed by atoms with Crippen LogP contribution in [0.2, 0.25) is 5.02 Å². The Hall–Kier alpha value is -3.00. The average Bonchev–Trinajstić information content (AvgIpc) is 3.12. The third-order valence-corrected chi connectivity index (χ3v) is 8.35. The summed E-state index contributed by atoms with van der Waals surface area (Å²) >= 11 is 5.99. The van der Waals surface area contributed by atoms with Crippen LogP contribution in [0.3, 0.4) is 0 Å². The number of para-hydroxylation sites is 1. The monoisotopic (exact) mass is 493 g/mol. The van der Waals surface area contributed by atoms with Crippen LogP contribution in [-0.4, -0.2) is 37.4 Å². The second kappa shape index (κ2) is 9.33. The lowest BCUT2D eigenvalue weighted by Crippen LogP contribution is -2.35. The number of carbonyl (C=O) groups excluding carboxylic acids is 1. The van der Waals surface area contributed by atoms with Crippen molar-refractivity contribution in [2.24, 2.45) is 4.99 Å². The van der Waals surface area contributed by atoms with Crippen molar-refractivity contribution in [2.75, 3.05) is 18.0 Å². The molecular formula is C26H24ClN3O3S. The fourth-order valence-corrected chi connectivity index (χ4v) is 6.02. The van der Waals surface area contributed by atoms with Gasteiger partial charge in [-0.05, 0) is 60.9 Å². The molecule has 5 rings (SSSR count). The van der Waals surface area contributed by atoms with Gasteiger partial charge in [-0.2, -0.15) is 4.31 Å². The Morgan fingerprint density at radius 1 is 0.853 bits per heavy atom. The van der Waals surface area contributed by atoms with Gasteiger partial charge in [-0.15, -0.1) is 0 Å². The Balaban J connectivity index is 1.43. The largest absolute Gasteiger partial charge is 0.302 e. The number of sulfonamides is 1. The van der Waals surface area contributed by atoms with Crippen molar-refractivity contribution < 1.29 is 13.2 Å². The molecular weight excluding hydrogens is 470 g/mol. The van der Waals surface area contributed by atoms with Crippen LogP contribution < -0.4 is 4.90 Å². The molecule has 0 bridgehead atoms. The summed E-state index contributed by atoms with van der Waals surface area (Å²) in [6.45, 7) is 1.52. The smallest absolute Gasteiger partial charge is 0.277 e. The number of hydrogen-bond acceptors (Lipinski definition) is 4. The van der Waals surface area contributed by atoms with Gasteiger partial charge in [-0.3, -0.25) is 4.79 Å². The van der Waals surface area contributed by atoms with Gasteiger partial charge in [0.15, 0.2) is 0 Å². The Labute approximate surface area is 204 Å². The predicted molar refractivity (Wildman–Crippen MR) is 134 cm³/mol. The molecule has 1 fully saturated rings. The Morgan fingerprint density at radius 3 is 2.24 bits per heavy atom. The second-order valence-electron chi connectivity index (χ2n) is 8.45. The van der Waals surface area contributed by atoms with Crippen molar-refractivity contribution in [3.8, 4) is 0 Å². The first-order valence-corrected chi connectivity index (χ1v) is 13.1. The van der Waals surface area contributed by atoms with E-state index < -0.39 is 10.0 Å². The maximum atomic E-state index is 13.3. The lowest BCUT2D eigenvalue weighted by Gasteiger charge is -2.25. The predicted octanol–water partition coefficient (Wildman–Crippen LogP) is 5.18. The van der Waals surface area contributed by atoms with E-state index in [1.54, 1.807) is 45.6 Å². The first kappa shape index (κ1) is 22.8. The van der Waals surface area contributed by atoms with Crippen molar-refractivity contribution in [3.63, 3.8) is 0 Å². The molecule has 3 aromatic carbocycles. The number of aliphatic imine (C=N–C) groups is 1. The molecule has 0 saturated carbocycles. The van der Waals surface area contributed by atoms with Gasteiger partial charge in [0.05, 0.1) is 22.8 Å².